The molecule has 0 bridgehead atoms. The van der Waals surface area contributed by atoms with Crippen LogP contribution >= 0.6 is 0 Å². The monoisotopic (exact) mass is 443 g/mol. The Hall–Kier alpha value is -2.87. The van der Waals surface area contributed by atoms with E-state index in [0.717, 1.165) is 19.3 Å². The Morgan fingerprint density at radius 3 is 2.61 bits per heavy atom. The summed E-state index contributed by atoms with van der Waals surface area (Å²) < 4.78 is 33.5. The zero-order chi connectivity index (χ0) is 22.3. The second-order valence-electron chi connectivity index (χ2n) is 7.96. The molecule has 8 heteroatoms. The van der Waals surface area contributed by atoms with Crippen molar-refractivity contribution in [3.8, 4) is 5.75 Å². The van der Waals surface area contributed by atoms with Crippen LogP contribution in [-0.2, 0) is 10.0 Å². The van der Waals surface area contributed by atoms with Crippen molar-refractivity contribution in [1.82, 2.24) is 4.72 Å². The zero-order valence-corrected chi connectivity index (χ0v) is 18.7. The number of nitrogens with zero attached hydrogens (tertiary/aromatic N) is 1. The van der Waals surface area contributed by atoms with Crippen LogP contribution in [0.2, 0.25) is 0 Å². The Morgan fingerprint density at radius 2 is 1.87 bits per heavy atom. The first-order valence-corrected chi connectivity index (χ1v) is 12.0. The number of hydrogen-bond donors (Lipinski definition) is 2. The second-order valence-corrected chi connectivity index (χ2v) is 9.64. The number of sulfonamides is 1. The molecule has 1 aliphatic rings. The molecule has 0 radical (unpaired) electrons. The van der Waals surface area contributed by atoms with E-state index in [1.165, 1.54) is 12.1 Å². The van der Waals surface area contributed by atoms with Crippen molar-refractivity contribution in [3.63, 3.8) is 0 Å². The minimum atomic E-state index is -3.70. The lowest BCUT2D eigenvalue weighted by Gasteiger charge is -2.11. The van der Waals surface area contributed by atoms with Crippen LogP contribution in [0.3, 0.4) is 0 Å². The molecule has 166 valence electrons. The van der Waals surface area contributed by atoms with Gasteiger partial charge in [0.15, 0.2) is 0 Å². The third-order valence-corrected chi connectivity index (χ3v) is 6.13. The van der Waals surface area contributed by atoms with E-state index >= 15 is 0 Å². The molecule has 7 nitrogen and oxygen atoms in total. The van der Waals surface area contributed by atoms with Gasteiger partial charge in [-0.1, -0.05) is 26.3 Å². The molecule has 1 aliphatic heterocycles. The molecule has 3 rings (SSSR count). The third kappa shape index (κ3) is 6.82. The summed E-state index contributed by atoms with van der Waals surface area (Å²) in [5.74, 6) is 1.23. The topological polar surface area (TPSA) is 96.9 Å². The molecule has 0 saturated heterocycles. The number of benzene rings is 2. The van der Waals surface area contributed by atoms with Gasteiger partial charge in [-0.3, -0.25) is 14.5 Å². The number of anilines is 1. The van der Waals surface area contributed by atoms with Crippen LogP contribution in [0.25, 0.3) is 0 Å². The number of carbonyl (C=O) groups is 1. The number of hydrogen-bond acceptors (Lipinski definition) is 5. The van der Waals surface area contributed by atoms with Gasteiger partial charge in [0.1, 0.15) is 11.6 Å². The molecule has 1 amide bonds. The Kier molecular flexibility index (Phi) is 7.68. The molecule has 2 aromatic carbocycles. The van der Waals surface area contributed by atoms with Gasteiger partial charge in [-0.05, 0) is 61.2 Å². The number of amidine groups is 1. The normalized spacial score (nSPS) is 14.5. The Balaban J connectivity index is 1.64. The first-order chi connectivity index (χ1) is 14.8. The summed E-state index contributed by atoms with van der Waals surface area (Å²) in [7, 11) is -3.70. The highest BCUT2D eigenvalue weighted by molar-refractivity contribution is 7.90. The molecule has 2 aromatic rings. The smallest absolute Gasteiger partial charge is 0.262 e. The summed E-state index contributed by atoms with van der Waals surface area (Å²) in [5.41, 5.74) is 0.968. The van der Waals surface area contributed by atoms with Gasteiger partial charge < -0.3 is 10.1 Å². The SMILES string of the molecule is CC(C)COc1cccc(C(=O)Nc2ccc(S(=O)(=O)NC3=NCCCCC3)cc2)c1. The van der Waals surface area contributed by atoms with Gasteiger partial charge in [0.05, 0.1) is 11.5 Å². The number of aliphatic imine (C=N–C) groups is 1. The van der Waals surface area contributed by atoms with Crippen molar-refractivity contribution >= 4 is 27.5 Å². The number of amides is 1. The molecular formula is C23H29N3O4S. The quantitative estimate of drug-likeness (QED) is 0.669. The highest BCUT2D eigenvalue weighted by Crippen LogP contribution is 2.18. The van der Waals surface area contributed by atoms with Crippen LogP contribution in [0.4, 0.5) is 5.69 Å². The highest BCUT2D eigenvalue weighted by atomic mass is 32.2. The fourth-order valence-electron chi connectivity index (χ4n) is 3.08. The van der Waals surface area contributed by atoms with E-state index in [2.05, 4.69) is 28.9 Å². The number of rotatable bonds is 7. The summed E-state index contributed by atoms with van der Waals surface area (Å²) in [6, 6.07) is 13.0. The average Bonchev–Trinajstić information content (AvgIpc) is 3.01. The van der Waals surface area contributed by atoms with Gasteiger partial charge in [0.2, 0.25) is 0 Å². The van der Waals surface area contributed by atoms with E-state index in [-0.39, 0.29) is 10.8 Å². The third-order valence-electron chi connectivity index (χ3n) is 4.73. The molecule has 0 saturated carbocycles. The maximum atomic E-state index is 12.6. The largest absolute Gasteiger partial charge is 0.493 e. The van der Waals surface area contributed by atoms with Gasteiger partial charge >= 0.3 is 0 Å². The van der Waals surface area contributed by atoms with Gasteiger partial charge in [-0.25, -0.2) is 8.42 Å². The predicted octanol–water partition coefficient (Wildman–Crippen LogP) is 4.22. The molecule has 2 N–H and O–H groups in total. The molecule has 0 aliphatic carbocycles. The standard InChI is InChI=1S/C23H29N3O4S/c1-17(2)16-30-20-8-6-7-18(15-20)23(27)25-19-10-12-21(13-11-19)31(28,29)26-22-9-4-3-5-14-24-22/h6-8,10-13,15,17H,3-5,9,14,16H2,1-2H3,(H,24,26)(H,25,27). The minimum Gasteiger partial charge on any atom is -0.493 e. The van der Waals surface area contributed by atoms with Crippen molar-refractivity contribution in [3.05, 3.63) is 54.1 Å². The summed E-state index contributed by atoms with van der Waals surface area (Å²) in [6.45, 7) is 5.33. The molecule has 31 heavy (non-hydrogen) atoms. The highest BCUT2D eigenvalue weighted by Gasteiger charge is 2.17. The first kappa shape index (κ1) is 22.8. The molecule has 0 aromatic heterocycles. The van der Waals surface area contributed by atoms with E-state index in [1.807, 2.05) is 6.07 Å². The van der Waals surface area contributed by atoms with Crippen LogP contribution in [-0.4, -0.2) is 33.3 Å². The van der Waals surface area contributed by atoms with Crippen LogP contribution in [0.1, 0.15) is 49.9 Å². The molecule has 0 fully saturated rings. The van der Waals surface area contributed by atoms with Crippen molar-refractivity contribution in [2.24, 2.45) is 10.9 Å². The maximum absolute atomic E-state index is 12.6. The van der Waals surface area contributed by atoms with Crippen LogP contribution in [0.5, 0.6) is 5.75 Å². The number of ether oxygens (including phenoxy) is 1. The number of carbonyl (C=O) groups excluding carboxylic acids is 1. The van der Waals surface area contributed by atoms with Gasteiger partial charge in [-0.2, -0.15) is 0 Å². The molecular weight excluding hydrogens is 414 g/mol. The van der Waals surface area contributed by atoms with E-state index in [1.54, 1.807) is 30.3 Å². The second kappa shape index (κ2) is 10.4. The fraction of sp³-hybridized carbons (Fsp3) is 0.391. The summed E-state index contributed by atoms with van der Waals surface area (Å²) >= 11 is 0. The van der Waals surface area contributed by atoms with Gasteiger partial charge in [-0.15, -0.1) is 0 Å². The van der Waals surface area contributed by atoms with Crippen LogP contribution in [0.15, 0.2) is 58.4 Å². The fourth-order valence-corrected chi connectivity index (χ4v) is 4.17. The summed E-state index contributed by atoms with van der Waals surface area (Å²) in [4.78, 5) is 17.0. The van der Waals surface area contributed by atoms with Crippen LogP contribution < -0.4 is 14.8 Å². The van der Waals surface area contributed by atoms with E-state index in [9.17, 15) is 13.2 Å². The lowest BCUT2D eigenvalue weighted by Crippen LogP contribution is -2.30. The van der Waals surface area contributed by atoms with Crippen molar-refractivity contribution in [2.45, 2.75) is 44.4 Å². The van der Waals surface area contributed by atoms with Crippen molar-refractivity contribution in [1.29, 1.82) is 0 Å². The Bertz CT molecular complexity index is 1030. The van der Waals surface area contributed by atoms with E-state index < -0.39 is 10.0 Å². The van der Waals surface area contributed by atoms with Gasteiger partial charge in [0.25, 0.3) is 15.9 Å². The average molecular weight is 444 g/mol. The van der Waals surface area contributed by atoms with Crippen molar-refractivity contribution in [2.75, 3.05) is 18.5 Å². The maximum Gasteiger partial charge on any atom is 0.262 e. The zero-order valence-electron chi connectivity index (χ0n) is 17.9. The lowest BCUT2D eigenvalue weighted by molar-refractivity contribution is 0.102. The molecule has 0 spiro atoms. The van der Waals surface area contributed by atoms with Crippen LogP contribution in [0, 0.1) is 5.92 Å². The number of nitrogens with one attached hydrogen (secondary N) is 2. The predicted molar refractivity (Wildman–Crippen MR) is 122 cm³/mol. The van der Waals surface area contributed by atoms with E-state index in [4.69, 9.17) is 4.74 Å². The van der Waals surface area contributed by atoms with Crippen molar-refractivity contribution < 1.29 is 17.9 Å². The molecule has 0 atom stereocenters. The Labute approximate surface area is 184 Å². The van der Waals surface area contributed by atoms with E-state index in [0.29, 0.717) is 48.3 Å². The first-order valence-electron chi connectivity index (χ1n) is 10.5. The Morgan fingerprint density at radius 1 is 1.10 bits per heavy atom. The lowest BCUT2D eigenvalue weighted by atomic mass is 10.2. The summed E-state index contributed by atoms with van der Waals surface area (Å²) in [6.07, 6.45) is 3.59. The van der Waals surface area contributed by atoms with Gasteiger partial charge in [0, 0.05) is 24.2 Å². The molecule has 1 heterocycles. The molecule has 0 unspecified atom stereocenters. The summed E-state index contributed by atoms with van der Waals surface area (Å²) in [5, 5.41) is 2.79. The minimum absolute atomic E-state index is 0.126.